The predicted octanol–water partition coefficient (Wildman–Crippen LogP) is 2.10. The number of carbonyl (C=O) groups is 2. The van der Waals surface area contributed by atoms with Crippen LogP contribution in [0.2, 0.25) is 0 Å². The molecule has 1 heterocycles. The first-order chi connectivity index (χ1) is 11.5. The predicted molar refractivity (Wildman–Crippen MR) is 93.9 cm³/mol. The summed E-state index contributed by atoms with van der Waals surface area (Å²) < 4.78 is 4.05. The lowest BCUT2D eigenvalue weighted by Gasteiger charge is -2.05. The van der Waals surface area contributed by atoms with Crippen LogP contribution in [0.25, 0.3) is 0 Å². The Bertz CT molecular complexity index is 750. The van der Waals surface area contributed by atoms with Gasteiger partial charge in [-0.15, -0.1) is 0 Å². The molecule has 2 aromatic rings. The third kappa shape index (κ3) is 3.91. The average Bonchev–Trinajstić information content (AvgIpc) is 3.33. The van der Waals surface area contributed by atoms with E-state index in [1.807, 2.05) is 31.2 Å². The molecule has 0 aliphatic heterocycles. The van der Waals surface area contributed by atoms with E-state index in [1.165, 1.54) is 5.56 Å². The van der Waals surface area contributed by atoms with Crippen molar-refractivity contribution in [1.29, 1.82) is 0 Å². The lowest BCUT2D eigenvalue weighted by Crippen LogP contribution is -2.27. The van der Waals surface area contributed by atoms with E-state index >= 15 is 0 Å². The summed E-state index contributed by atoms with van der Waals surface area (Å²) in [6.45, 7) is 3.06. The lowest BCUT2D eigenvalue weighted by atomic mass is 10.1. The number of nitrogens with zero attached hydrogens (tertiary/aromatic N) is 1. The molecule has 1 aliphatic rings. The van der Waals surface area contributed by atoms with Crippen LogP contribution in [0.1, 0.15) is 44.1 Å². The number of nitrogens with two attached hydrogens (primary N) is 1. The van der Waals surface area contributed by atoms with Crippen LogP contribution in [0, 0.1) is 12.8 Å². The largest absolute Gasteiger partial charge is 0.395 e. The summed E-state index contributed by atoms with van der Waals surface area (Å²) in [5.41, 5.74) is 8.39. The molecule has 6 nitrogen and oxygen atoms in total. The van der Waals surface area contributed by atoms with Gasteiger partial charge in [-0.3, -0.25) is 9.59 Å². The van der Waals surface area contributed by atoms with Crippen LogP contribution in [-0.4, -0.2) is 22.7 Å². The maximum absolute atomic E-state index is 12.3. The lowest BCUT2D eigenvalue weighted by molar-refractivity contribution is 0.0947. The van der Waals surface area contributed by atoms with Crippen LogP contribution in [0.5, 0.6) is 0 Å². The van der Waals surface area contributed by atoms with E-state index in [0.29, 0.717) is 19.0 Å². The highest BCUT2D eigenvalue weighted by Gasteiger charge is 2.25. The van der Waals surface area contributed by atoms with Gasteiger partial charge in [-0.25, -0.2) is 0 Å². The Labute approximate surface area is 144 Å². The molecule has 4 N–H and O–H groups in total. The van der Waals surface area contributed by atoms with E-state index in [0.717, 1.165) is 29.9 Å². The van der Waals surface area contributed by atoms with Gasteiger partial charge in [-0.1, -0.05) is 29.8 Å². The summed E-state index contributed by atoms with van der Waals surface area (Å²) in [5, 5.41) is 5.62. The van der Waals surface area contributed by atoms with E-state index in [2.05, 4.69) is 15.0 Å². The van der Waals surface area contributed by atoms with E-state index in [-0.39, 0.29) is 28.1 Å². The molecule has 0 atom stereocenters. The Hall–Kier alpha value is -2.41. The second kappa shape index (κ2) is 7.00. The van der Waals surface area contributed by atoms with Crippen LogP contribution >= 0.6 is 11.5 Å². The summed E-state index contributed by atoms with van der Waals surface area (Å²) in [4.78, 5) is 24.6. The van der Waals surface area contributed by atoms with Gasteiger partial charge in [-0.2, -0.15) is 4.37 Å². The molecule has 1 aromatic heterocycles. The SMILES string of the molecule is Cc1ccc(CNC(=O)c2snc(C(=O)NCC3CC3)c2N)cc1. The van der Waals surface area contributed by atoms with Crippen LogP contribution < -0.4 is 16.4 Å². The number of amides is 2. The Morgan fingerprint density at radius 3 is 2.58 bits per heavy atom. The topological polar surface area (TPSA) is 97.1 Å². The highest BCUT2D eigenvalue weighted by molar-refractivity contribution is 7.09. The van der Waals surface area contributed by atoms with Crippen molar-refractivity contribution in [2.75, 3.05) is 12.3 Å². The minimum atomic E-state index is -0.313. The summed E-state index contributed by atoms with van der Waals surface area (Å²) in [6.07, 6.45) is 2.30. The van der Waals surface area contributed by atoms with Crippen LogP contribution in [0.3, 0.4) is 0 Å². The van der Waals surface area contributed by atoms with E-state index in [9.17, 15) is 9.59 Å². The number of hydrogen-bond acceptors (Lipinski definition) is 5. The third-order valence-corrected chi connectivity index (χ3v) is 4.83. The Morgan fingerprint density at radius 2 is 1.92 bits per heavy atom. The van der Waals surface area contributed by atoms with Gasteiger partial charge in [0.15, 0.2) is 5.69 Å². The number of hydrogen-bond donors (Lipinski definition) is 3. The average molecular weight is 344 g/mol. The molecule has 1 aromatic carbocycles. The molecule has 0 radical (unpaired) electrons. The third-order valence-electron chi connectivity index (χ3n) is 3.97. The van der Waals surface area contributed by atoms with E-state index in [1.54, 1.807) is 0 Å². The number of aromatic nitrogens is 1. The molecule has 2 amide bonds. The van der Waals surface area contributed by atoms with Gasteiger partial charge >= 0.3 is 0 Å². The molecular weight excluding hydrogens is 324 g/mol. The zero-order chi connectivity index (χ0) is 17.1. The van der Waals surface area contributed by atoms with E-state index < -0.39 is 0 Å². The normalized spacial score (nSPS) is 13.5. The summed E-state index contributed by atoms with van der Waals surface area (Å²) >= 11 is 0.952. The van der Waals surface area contributed by atoms with Crippen molar-refractivity contribution in [3.63, 3.8) is 0 Å². The van der Waals surface area contributed by atoms with Gasteiger partial charge in [0, 0.05) is 13.1 Å². The number of benzene rings is 1. The Morgan fingerprint density at radius 1 is 1.21 bits per heavy atom. The van der Waals surface area contributed by atoms with Crippen LogP contribution in [-0.2, 0) is 6.54 Å². The molecule has 0 unspecified atom stereocenters. The summed E-state index contributed by atoms with van der Waals surface area (Å²) in [5.74, 6) is -0.0499. The molecule has 0 saturated heterocycles. The fraction of sp³-hybridized carbons (Fsp3) is 0.353. The van der Waals surface area contributed by atoms with Crippen molar-refractivity contribution < 1.29 is 9.59 Å². The highest BCUT2D eigenvalue weighted by atomic mass is 32.1. The zero-order valence-corrected chi connectivity index (χ0v) is 14.3. The van der Waals surface area contributed by atoms with Gasteiger partial charge in [0.25, 0.3) is 11.8 Å². The van der Waals surface area contributed by atoms with Crippen LogP contribution in [0.15, 0.2) is 24.3 Å². The quantitative estimate of drug-likeness (QED) is 0.747. The number of aryl methyl sites for hydroxylation is 1. The molecule has 1 fully saturated rings. The minimum Gasteiger partial charge on any atom is -0.395 e. The van der Waals surface area contributed by atoms with Crippen molar-refractivity contribution in [3.8, 4) is 0 Å². The first kappa shape index (κ1) is 16.4. The number of carbonyl (C=O) groups excluding carboxylic acids is 2. The van der Waals surface area contributed by atoms with Gasteiger partial charge in [0.05, 0.1) is 5.69 Å². The van der Waals surface area contributed by atoms with Gasteiger partial charge in [0.2, 0.25) is 0 Å². The minimum absolute atomic E-state index is 0.140. The molecule has 126 valence electrons. The van der Waals surface area contributed by atoms with Gasteiger partial charge in [-0.05, 0) is 42.8 Å². The number of nitrogen functional groups attached to an aromatic ring is 1. The van der Waals surface area contributed by atoms with Gasteiger partial charge < -0.3 is 16.4 Å². The number of rotatable bonds is 6. The summed E-state index contributed by atoms with van der Waals surface area (Å²) in [7, 11) is 0. The summed E-state index contributed by atoms with van der Waals surface area (Å²) in [6, 6.07) is 7.90. The maximum atomic E-state index is 12.3. The maximum Gasteiger partial charge on any atom is 0.273 e. The molecule has 3 rings (SSSR count). The molecular formula is C17H20N4O2S. The second-order valence-corrected chi connectivity index (χ2v) is 6.87. The Balaban J connectivity index is 1.60. The highest BCUT2D eigenvalue weighted by Crippen LogP contribution is 2.28. The fourth-order valence-corrected chi connectivity index (χ4v) is 2.95. The number of nitrogens with one attached hydrogen (secondary N) is 2. The van der Waals surface area contributed by atoms with Crippen molar-refractivity contribution >= 4 is 29.0 Å². The molecule has 24 heavy (non-hydrogen) atoms. The van der Waals surface area contributed by atoms with Crippen LogP contribution in [0.4, 0.5) is 5.69 Å². The molecule has 0 spiro atoms. The van der Waals surface area contributed by atoms with Crippen molar-refractivity contribution in [3.05, 3.63) is 46.0 Å². The van der Waals surface area contributed by atoms with Gasteiger partial charge in [0.1, 0.15) is 4.88 Å². The zero-order valence-electron chi connectivity index (χ0n) is 13.5. The standard InChI is InChI=1S/C17H20N4O2S/c1-10-2-4-11(5-3-10)9-20-17(23)15-13(18)14(21-24-15)16(22)19-8-12-6-7-12/h2-5,12H,6-9,18H2,1H3,(H,19,22)(H,20,23). The van der Waals surface area contributed by atoms with E-state index in [4.69, 9.17) is 5.73 Å². The smallest absolute Gasteiger partial charge is 0.273 e. The first-order valence-corrected chi connectivity index (χ1v) is 8.69. The van der Waals surface area contributed by atoms with Crippen molar-refractivity contribution in [2.24, 2.45) is 5.92 Å². The second-order valence-electron chi connectivity index (χ2n) is 6.10. The number of anilines is 1. The Kier molecular flexibility index (Phi) is 4.80. The molecule has 1 saturated carbocycles. The molecule has 1 aliphatic carbocycles. The first-order valence-electron chi connectivity index (χ1n) is 7.91. The molecule has 0 bridgehead atoms. The monoisotopic (exact) mass is 344 g/mol. The fourth-order valence-electron chi connectivity index (χ4n) is 2.24. The van der Waals surface area contributed by atoms with Crippen molar-refractivity contribution in [2.45, 2.75) is 26.3 Å². The molecule has 7 heteroatoms. The van der Waals surface area contributed by atoms with Crippen molar-refractivity contribution in [1.82, 2.24) is 15.0 Å².